The van der Waals surface area contributed by atoms with Gasteiger partial charge in [0.25, 0.3) is 0 Å². The van der Waals surface area contributed by atoms with Crippen molar-refractivity contribution < 1.29 is 0 Å². The Kier molecular flexibility index (Phi) is 6.00. The number of nitrogens with zero attached hydrogens (tertiary/aromatic N) is 3. The number of para-hydroxylation sites is 1. The van der Waals surface area contributed by atoms with Crippen LogP contribution in [-0.2, 0) is 0 Å². The largest absolute Gasteiger partial charge is 0.244 e. The van der Waals surface area contributed by atoms with Gasteiger partial charge in [-0.05, 0) is 58.3 Å². The SMILES string of the molecule is c1ccc(-c2cc(-c3ccc(-c4ccc5sc6ccccc6c5c4)c4ccccc34)nc(-c3ccc4ccccc4n3)n2)cc1. The maximum absolute atomic E-state index is 5.15. The van der Waals surface area contributed by atoms with Crippen LogP contribution in [-0.4, -0.2) is 15.0 Å². The van der Waals surface area contributed by atoms with Crippen LogP contribution in [0.25, 0.3) is 87.0 Å². The van der Waals surface area contributed by atoms with E-state index in [1.54, 1.807) is 0 Å². The Balaban J connectivity index is 1.24. The van der Waals surface area contributed by atoms with Crippen molar-refractivity contribution in [1.29, 1.82) is 0 Å². The molecule has 0 bridgehead atoms. The van der Waals surface area contributed by atoms with Crippen molar-refractivity contribution in [3.8, 4) is 45.2 Å². The highest BCUT2D eigenvalue weighted by atomic mass is 32.1. The molecular weight excluding hydrogens is 567 g/mol. The molecule has 0 amide bonds. The Bertz CT molecular complexity index is 2550. The Hall–Kier alpha value is -5.71. The minimum atomic E-state index is 0.611. The maximum Gasteiger partial charge on any atom is 0.179 e. The third-order valence-electron chi connectivity index (χ3n) is 8.51. The highest BCUT2D eigenvalue weighted by Crippen LogP contribution is 2.40. The van der Waals surface area contributed by atoms with Crippen LogP contribution in [0.15, 0.2) is 152 Å². The predicted octanol–water partition coefficient (Wildman–Crippen LogP) is 11.2. The Labute approximate surface area is 264 Å². The first-order valence-electron chi connectivity index (χ1n) is 15.0. The summed E-state index contributed by atoms with van der Waals surface area (Å²) in [6.07, 6.45) is 0. The van der Waals surface area contributed by atoms with Gasteiger partial charge in [-0.3, -0.25) is 0 Å². The van der Waals surface area contributed by atoms with Gasteiger partial charge in [0.2, 0.25) is 0 Å². The van der Waals surface area contributed by atoms with Crippen molar-refractivity contribution in [2.24, 2.45) is 0 Å². The van der Waals surface area contributed by atoms with Crippen LogP contribution in [0, 0.1) is 0 Å². The van der Waals surface area contributed by atoms with Crippen molar-refractivity contribution in [1.82, 2.24) is 15.0 Å². The summed E-state index contributed by atoms with van der Waals surface area (Å²) in [5, 5.41) is 6.05. The summed E-state index contributed by atoms with van der Waals surface area (Å²) in [4.78, 5) is 15.1. The first-order chi connectivity index (χ1) is 22.3. The van der Waals surface area contributed by atoms with E-state index in [1.165, 1.54) is 36.7 Å². The van der Waals surface area contributed by atoms with Crippen molar-refractivity contribution in [3.05, 3.63) is 152 Å². The lowest BCUT2D eigenvalue weighted by Gasteiger charge is -2.14. The number of rotatable bonds is 4. The van der Waals surface area contributed by atoms with Crippen molar-refractivity contribution in [3.63, 3.8) is 0 Å². The second-order valence-electron chi connectivity index (χ2n) is 11.2. The van der Waals surface area contributed by atoms with E-state index in [1.807, 2.05) is 53.8 Å². The molecule has 0 fully saturated rings. The van der Waals surface area contributed by atoms with E-state index < -0.39 is 0 Å². The first kappa shape index (κ1) is 25.8. The molecule has 3 nitrogen and oxygen atoms in total. The number of hydrogen-bond donors (Lipinski definition) is 0. The summed E-state index contributed by atoms with van der Waals surface area (Å²) < 4.78 is 2.63. The fraction of sp³-hybridized carbons (Fsp3) is 0. The van der Waals surface area contributed by atoms with Crippen molar-refractivity contribution in [2.75, 3.05) is 0 Å². The van der Waals surface area contributed by atoms with Crippen LogP contribution in [0.3, 0.4) is 0 Å². The van der Waals surface area contributed by atoms with Crippen molar-refractivity contribution >= 4 is 53.2 Å². The second-order valence-corrected chi connectivity index (χ2v) is 12.3. The molecule has 0 spiro atoms. The van der Waals surface area contributed by atoms with Gasteiger partial charge in [0.15, 0.2) is 5.82 Å². The molecule has 9 aromatic rings. The molecule has 0 aliphatic carbocycles. The molecule has 9 rings (SSSR count). The van der Waals surface area contributed by atoms with E-state index in [0.29, 0.717) is 5.82 Å². The third kappa shape index (κ3) is 4.46. The molecule has 45 heavy (non-hydrogen) atoms. The predicted molar refractivity (Wildman–Crippen MR) is 189 cm³/mol. The molecule has 0 unspecified atom stereocenters. The van der Waals surface area contributed by atoms with Gasteiger partial charge in [0.05, 0.1) is 16.9 Å². The van der Waals surface area contributed by atoms with E-state index in [2.05, 4.69) is 109 Å². The molecular formula is C41H25N3S. The van der Waals surface area contributed by atoms with Gasteiger partial charge < -0.3 is 0 Å². The van der Waals surface area contributed by atoms with E-state index in [9.17, 15) is 0 Å². The standard InChI is InChI=1S/C41H25N3S/c1-2-10-26(11-3-1)37-25-38(44-41(43-37)36-22-18-27-12-4-8-16-35(27)42-36)32-21-20-29(30-13-5-6-14-31(30)32)28-19-23-40-34(24-28)33-15-7-9-17-39(33)45-40/h1-25H. The normalized spacial score (nSPS) is 11.6. The number of pyridine rings is 1. The molecule has 210 valence electrons. The molecule has 0 aliphatic rings. The zero-order chi connectivity index (χ0) is 29.7. The molecule has 3 aromatic heterocycles. The van der Waals surface area contributed by atoms with Crippen LogP contribution in [0.5, 0.6) is 0 Å². The zero-order valence-corrected chi connectivity index (χ0v) is 25.0. The number of hydrogen-bond acceptors (Lipinski definition) is 4. The summed E-state index contributed by atoms with van der Waals surface area (Å²) in [5.41, 5.74) is 7.95. The van der Waals surface area contributed by atoms with Gasteiger partial charge in [-0.15, -0.1) is 11.3 Å². The van der Waals surface area contributed by atoms with Gasteiger partial charge in [-0.2, -0.15) is 0 Å². The molecule has 0 saturated carbocycles. The lowest BCUT2D eigenvalue weighted by molar-refractivity contribution is 1.16. The monoisotopic (exact) mass is 591 g/mol. The van der Waals surface area contributed by atoms with Gasteiger partial charge >= 0.3 is 0 Å². The molecule has 4 heteroatoms. The lowest BCUT2D eigenvalue weighted by atomic mass is 9.93. The summed E-state index contributed by atoms with van der Waals surface area (Å²) in [7, 11) is 0. The molecule has 0 N–H and O–H groups in total. The Morgan fingerprint density at radius 3 is 1.96 bits per heavy atom. The topological polar surface area (TPSA) is 38.7 Å². The van der Waals surface area contributed by atoms with Gasteiger partial charge in [0, 0.05) is 36.7 Å². The van der Waals surface area contributed by atoms with Crippen LogP contribution < -0.4 is 0 Å². The number of thiophene rings is 1. The molecule has 3 heterocycles. The Morgan fingerprint density at radius 1 is 0.378 bits per heavy atom. The highest BCUT2D eigenvalue weighted by Gasteiger charge is 2.16. The summed E-state index contributed by atoms with van der Waals surface area (Å²) in [6, 6.07) is 53.3. The third-order valence-corrected chi connectivity index (χ3v) is 9.66. The number of benzene rings is 6. The summed E-state index contributed by atoms with van der Waals surface area (Å²) >= 11 is 1.85. The highest BCUT2D eigenvalue weighted by molar-refractivity contribution is 7.25. The summed E-state index contributed by atoms with van der Waals surface area (Å²) in [5.74, 6) is 0.611. The van der Waals surface area contributed by atoms with E-state index in [-0.39, 0.29) is 0 Å². The average Bonchev–Trinajstić information content (AvgIpc) is 3.49. The molecule has 0 atom stereocenters. The van der Waals surface area contributed by atoms with Crippen LogP contribution in [0.2, 0.25) is 0 Å². The quantitative estimate of drug-likeness (QED) is 0.204. The zero-order valence-electron chi connectivity index (χ0n) is 24.2. The van der Waals surface area contributed by atoms with Crippen LogP contribution >= 0.6 is 11.3 Å². The van der Waals surface area contributed by atoms with Gasteiger partial charge in [-0.25, -0.2) is 15.0 Å². The number of aromatic nitrogens is 3. The van der Waals surface area contributed by atoms with Gasteiger partial charge in [-0.1, -0.05) is 115 Å². The van der Waals surface area contributed by atoms with Crippen molar-refractivity contribution in [2.45, 2.75) is 0 Å². The lowest BCUT2D eigenvalue weighted by Crippen LogP contribution is -1.98. The Morgan fingerprint density at radius 2 is 1.07 bits per heavy atom. The van der Waals surface area contributed by atoms with Crippen LogP contribution in [0.4, 0.5) is 0 Å². The minimum absolute atomic E-state index is 0.611. The average molecular weight is 592 g/mol. The fourth-order valence-corrected chi connectivity index (χ4v) is 7.40. The molecule has 0 aliphatic heterocycles. The minimum Gasteiger partial charge on any atom is -0.244 e. The van der Waals surface area contributed by atoms with E-state index >= 15 is 0 Å². The maximum atomic E-state index is 5.15. The molecule has 0 radical (unpaired) electrons. The summed E-state index contributed by atoms with van der Waals surface area (Å²) in [6.45, 7) is 0. The van der Waals surface area contributed by atoms with E-state index in [0.717, 1.165) is 44.5 Å². The molecule has 6 aromatic carbocycles. The second kappa shape index (κ2) is 10.5. The van der Waals surface area contributed by atoms with E-state index in [4.69, 9.17) is 15.0 Å². The van der Waals surface area contributed by atoms with Crippen LogP contribution in [0.1, 0.15) is 0 Å². The number of fused-ring (bicyclic) bond motifs is 5. The smallest absolute Gasteiger partial charge is 0.179 e. The van der Waals surface area contributed by atoms with Gasteiger partial charge in [0.1, 0.15) is 5.69 Å². The fourth-order valence-electron chi connectivity index (χ4n) is 6.31. The first-order valence-corrected chi connectivity index (χ1v) is 15.8. The molecule has 0 saturated heterocycles.